The number of hydrogen-bond donors (Lipinski definition) is 1. The normalized spacial score (nSPS) is 16.1. The molecule has 2 rings (SSSR count). The molecule has 0 spiro atoms. The van der Waals surface area contributed by atoms with Crippen molar-refractivity contribution in [2.24, 2.45) is 5.73 Å². The molecule has 20 heavy (non-hydrogen) atoms. The Bertz CT molecular complexity index is 506. The van der Waals surface area contributed by atoms with E-state index in [9.17, 15) is 4.79 Å². The molecule has 1 aliphatic heterocycles. The van der Waals surface area contributed by atoms with Crippen LogP contribution in [0.4, 0.5) is 10.5 Å². The lowest BCUT2D eigenvalue weighted by molar-refractivity contribution is 0.0567. The van der Waals surface area contributed by atoms with Gasteiger partial charge in [0, 0.05) is 11.6 Å². The summed E-state index contributed by atoms with van der Waals surface area (Å²) in [7, 11) is 0. The second kappa shape index (κ2) is 5.32. The fourth-order valence-electron chi connectivity index (χ4n) is 2.14. The third kappa shape index (κ3) is 3.04. The lowest BCUT2D eigenvalue weighted by Crippen LogP contribution is -2.41. The maximum Gasteiger partial charge on any atom is 0.415 e. The van der Waals surface area contributed by atoms with E-state index in [2.05, 4.69) is 0 Å². The minimum Gasteiger partial charge on any atom is -0.489 e. The van der Waals surface area contributed by atoms with Gasteiger partial charge in [0.25, 0.3) is 0 Å². The van der Waals surface area contributed by atoms with Gasteiger partial charge in [0.15, 0.2) is 0 Å². The average Bonchev–Trinajstić information content (AvgIpc) is 2.35. The summed E-state index contributed by atoms with van der Waals surface area (Å²) in [6, 6.07) is 5.50. The Labute approximate surface area is 119 Å². The lowest BCUT2D eigenvalue weighted by atomic mass is 10.1. The van der Waals surface area contributed by atoms with Gasteiger partial charge in [-0.05, 0) is 33.8 Å². The van der Waals surface area contributed by atoms with Crippen LogP contribution in [0.3, 0.4) is 0 Å². The number of para-hydroxylation sites is 1. The molecule has 1 aromatic rings. The number of anilines is 1. The summed E-state index contributed by atoms with van der Waals surface area (Å²) in [5, 5.41) is 0. The van der Waals surface area contributed by atoms with Crippen LogP contribution < -0.4 is 15.4 Å². The Kier molecular flexibility index (Phi) is 3.90. The summed E-state index contributed by atoms with van der Waals surface area (Å²) in [6.07, 6.45) is -0.358. The number of nitrogens with zero attached hydrogens (tertiary/aromatic N) is 1. The van der Waals surface area contributed by atoms with E-state index in [0.29, 0.717) is 18.9 Å². The van der Waals surface area contributed by atoms with Crippen LogP contribution in [0.25, 0.3) is 0 Å². The van der Waals surface area contributed by atoms with Gasteiger partial charge in [-0.3, -0.25) is 4.90 Å². The van der Waals surface area contributed by atoms with Crippen LogP contribution in [0.2, 0.25) is 0 Å². The number of amides is 1. The first-order valence-electron chi connectivity index (χ1n) is 6.81. The van der Waals surface area contributed by atoms with Crippen LogP contribution in [-0.2, 0) is 4.74 Å². The van der Waals surface area contributed by atoms with Crippen molar-refractivity contribution in [3.63, 3.8) is 0 Å². The maximum absolute atomic E-state index is 12.3. The molecule has 2 N–H and O–H groups in total. The molecular weight excluding hydrogens is 256 g/mol. The first kappa shape index (κ1) is 14.7. The van der Waals surface area contributed by atoms with Gasteiger partial charge < -0.3 is 15.2 Å². The second-order valence-electron chi connectivity index (χ2n) is 5.96. The highest BCUT2D eigenvalue weighted by Crippen LogP contribution is 2.37. The number of fused-ring (bicyclic) bond motifs is 1. The Hall–Kier alpha value is -1.75. The first-order chi connectivity index (χ1) is 9.29. The zero-order valence-electron chi connectivity index (χ0n) is 12.5. The summed E-state index contributed by atoms with van der Waals surface area (Å²) in [5.41, 5.74) is 7.05. The van der Waals surface area contributed by atoms with Crippen LogP contribution >= 0.6 is 0 Å². The van der Waals surface area contributed by atoms with E-state index in [1.54, 1.807) is 4.90 Å². The molecule has 1 aromatic carbocycles. The Morgan fingerprint density at radius 1 is 1.45 bits per heavy atom. The van der Waals surface area contributed by atoms with Gasteiger partial charge in [-0.15, -0.1) is 0 Å². The zero-order chi connectivity index (χ0) is 14.9. The number of carbonyl (C=O) groups excluding carboxylic acids is 1. The van der Waals surface area contributed by atoms with Crippen molar-refractivity contribution < 1.29 is 14.3 Å². The number of ether oxygens (including phenoxy) is 2. The largest absolute Gasteiger partial charge is 0.489 e. The smallest absolute Gasteiger partial charge is 0.415 e. The highest BCUT2D eigenvalue weighted by molar-refractivity contribution is 5.90. The molecule has 5 heteroatoms. The minimum absolute atomic E-state index is 0.150. The first-order valence-corrected chi connectivity index (χ1v) is 6.81. The molecule has 1 amide bonds. The standard InChI is InChI=1S/C15H22N2O3/c1-10(16)11-6-5-7-12-13(11)19-9-8-17(12)14(18)20-15(2,3)4/h5-7,10H,8-9,16H2,1-4H3. The highest BCUT2D eigenvalue weighted by atomic mass is 16.6. The van der Waals surface area contributed by atoms with Crippen LogP contribution in [0.1, 0.15) is 39.3 Å². The predicted molar refractivity (Wildman–Crippen MR) is 78.1 cm³/mol. The number of hydrogen-bond acceptors (Lipinski definition) is 4. The van der Waals surface area contributed by atoms with E-state index in [4.69, 9.17) is 15.2 Å². The molecule has 0 aliphatic carbocycles. The van der Waals surface area contributed by atoms with Crippen molar-refractivity contribution in [3.05, 3.63) is 23.8 Å². The Morgan fingerprint density at radius 2 is 2.15 bits per heavy atom. The monoisotopic (exact) mass is 278 g/mol. The Balaban J connectivity index is 2.34. The maximum atomic E-state index is 12.3. The lowest BCUT2D eigenvalue weighted by Gasteiger charge is -2.32. The topological polar surface area (TPSA) is 64.8 Å². The summed E-state index contributed by atoms with van der Waals surface area (Å²) in [5.74, 6) is 0.680. The van der Waals surface area contributed by atoms with Gasteiger partial charge in [-0.25, -0.2) is 4.79 Å². The predicted octanol–water partition coefficient (Wildman–Crippen LogP) is 2.84. The fourth-order valence-corrected chi connectivity index (χ4v) is 2.14. The van der Waals surface area contributed by atoms with E-state index in [1.807, 2.05) is 45.9 Å². The van der Waals surface area contributed by atoms with Gasteiger partial charge in [0.05, 0.1) is 12.2 Å². The molecule has 0 saturated carbocycles. The Morgan fingerprint density at radius 3 is 2.75 bits per heavy atom. The van der Waals surface area contributed by atoms with E-state index in [-0.39, 0.29) is 12.1 Å². The summed E-state index contributed by atoms with van der Waals surface area (Å²) in [6.45, 7) is 8.37. The molecule has 0 aromatic heterocycles. The van der Waals surface area contributed by atoms with Crippen LogP contribution in [-0.4, -0.2) is 24.8 Å². The highest BCUT2D eigenvalue weighted by Gasteiger charge is 2.29. The van der Waals surface area contributed by atoms with Crippen LogP contribution in [0.5, 0.6) is 5.75 Å². The van der Waals surface area contributed by atoms with Gasteiger partial charge >= 0.3 is 6.09 Å². The molecule has 5 nitrogen and oxygen atoms in total. The van der Waals surface area contributed by atoms with E-state index in [0.717, 1.165) is 11.3 Å². The van der Waals surface area contributed by atoms with Gasteiger partial charge in [-0.1, -0.05) is 12.1 Å². The molecule has 0 fully saturated rings. The van der Waals surface area contributed by atoms with E-state index >= 15 is 0 Å². The van der Waals surface area contributed by atoms with Gasteiger partial charge in [0.1, 0.15) is 18.0 Å². The minimum atomic E-state index is -0.520. The fraction of sp³-hybridized carbons (Fsp3) is 0.533. The van der Waals surface area contributed by atoms with Crippen molar-refractivity contribution in [1.82, 2.24) is 0 Å². The number of rotatable bonds is 1. The van der Waals surface area contributed by atoms with E-state index < -0.39 is 5.60 Å². The molecule has 1 unspecified atom stereocenters. The molecule has 1 atom stereocenters. The van der Waals surface area contributed by atoms with E-state index in [1.165, 1.54) is 0 Å². The molecule has 0 bridgehead atoms. The third-order valence-electron chi connectivity index (χ3n) is 2.98. The van der Waals surface area contributed by atoms with Crippen LogP contribution in [0.15, 0.2) is 18.2 Å². The summed E-state index contributed by atoms with van der Waals surface area (Å²) in [4.78, 5) is 13.9. The number of benzene rings is 1. The number of carbonyl (C=O) groups is 1. The van der Waals surface area contributed by atoms with Crippen molar-refractivity contribution in [2.75, 3.05) is 18.1 Å². The molecule has 0 saturated heterocycles. The summed E-state index contributed by atoms with van der Waals surface area (Å²) >= 11 is 0. The molecule has 110 valence electrons. The zero-order valence-corrected chi connectivity index (χ0v) is 12.5. The van der Waals surface area contributed by atoms with Gasteiger partial charge in [-0.2, -0.15) is 0 Å². The van der Waals surface area contributed by atoms with Crippen molar-refractivity contribution in [1.29, 1.82) is 0 Å². The molecule has 1 aliphatic rings. The second-order valence-corrected chi connectivity index (χ2v) is 5.96. The quantitative estimate of drug-likeness (QED) is 0.858. The molecular formula is C15H22N2O3. The van der Waals surface area contributed by atoms with Crippen LogP contribution in [0, 0.1) is 0 Å². The summed E-state index contributed by atoms with van der Waals surface area (Å²) < 4.78 is 11.1. The molecule has 1 heterocycles. The van der Waals surface area contributed by atoms with Crippen molar-refractivity contribution >= 4 is 11.8 Å². The van der Waals surface area contributed by atoms with Gasteiger partial charge in [0.2, 0.25) is 0 Å². The third-order valence-corrected chi connectivity index (χ3v) is 2.98. The number of nitrogens with two attached hydrogens (primary N) is 1. The van der Waals surface area contributed by atoms with Crippen molar-refractivity contribution in [2.45, 2.75) is 39.3 Å². The van der Waals surface area contributed by atoms with Crippen molar-refractivity contribution in [3.8, 4) is 5.75 Å². The average molecular weight is 278 g/mol. The SMILES string of the molecule is CC(N)c1cccc2c1OCCN2C(=O)OC(C)(C)C. The molecule has 0 radical (unpaired) electrons.